The van der Waals surface area contributed by atoms with Crippen LogP contribution in [0.1, 0.15) is 37.2 Å². The Kier molecular flexibility index (Phi) is 5.87. The number of nitrogens with one attached hydrogen (secondary N) is 1. The van der Waals surface area contributed by atoms with Crippen molar-refractivity contribution in [2.24, 2.45) is 0 Å². The number of benzene rings is 2. The second kappa shape index (κ2) is 8.34. The van der Waals surface area contributed by atoms with Crippen LogP contribution < -0.4 is 10.1 Å². The first-order chi connectivity index (χ1) is 13.8. The molecule has 0 aliphatic heterocycles. The third-order valence-electron chi connectivity index (χ3n) is 5.23. The highest BCUT2D eigenvalue weighted by Crippen LogP contribution is 2.54. The average Bonchev–Trinajstić information content (AvgIpc) is 3.38. The molecule has 1 saturated carbocycles. The Hall–Kier alpha value is -3.35. The average molecular weight is 397 g/mol. The summed E-state index contributed by atoms with van der Waals surface area (Å²) in [6.45, 7) is 0. The molecule has 1 aliphatic rings. The largest absolute Gasteiger partial charge is 0.496 e. The number of rotatable bonds is 9. The summed E-state index contributed by atoms with van der Waals surface area (Å²) in [6.07, 6.45) is -0.153. The fourth-order valence-corrected chi connectivity index (χ4v) is 3.73. The molecule has 1 unspecified atom stereocenters. The molecule has 1 fully saturated rings. The number of hydrogen-bond acceptors (Lipinski definition) is 4. The van der Waals surface area contributed by atoms with Crippen LogP contribution in [0.5, 0.6) is 5.75 Å². The summed E-state index contributed by atoms with van der Waals surface area (Å²) in [5.74, 6) is -1.87. The Morgan fingerprint density at radius 1 is 1.03 bits per heavy atom. The number of carbonyl (C=O) groups excluding carboxylic acids is 1. The van der Waals surface area contributed by atoms with Crippen molar-refractivity contribution in [2.45, 2.75) is 37.1 Å². The molecule has 0 aromatic heterocycles. The normalized spacial score (nSPS) is 20.0. The van der Waals surface area contributed by atoms with Gasteiger partial charge in [-0.15, -0.1) is 0 Å². The van der Waals surface area contributed by atoms with Crippen LogP contribution in [0.2, 0.25) is 0 Å². The third kappa shape index (κ3) is 4.74. The predicted octanol–water partition coefficient (Wildman–Crippen LogP) is 3.04. The van der Waals surface area contributed by atoms with Crippen LogP contribution in [-0.2, 0) is 14.4 Å². The highest BCUT2D eigenvalue weighted by Gasteiger charge is 2.57. The first-order valence-electron chi connectivity index (χ1n) is 9.32. The zero-order chi connectivity index (χ0) is 21.0. The number of amides is 1. The lowest BCUT2D eigenvalue weighted by Crippen LogP contribution is -2.40. The Morgan fingerprint density at radius 3 is 2.34 bits per heavy atom. The quantitative estimate of drug-likeness (QED) is 0.599. The van der Waals surface area contributed by atoms with Gasteiger partial charge < -0.3 is 20.3 Å². The minimum Gasteiger partial charge on any atom is -0.496 e. The van der Waals surface area contributed by atoms with Gasteiger partial charge in [-0.2, -0.15) is 0 Å². The fraction of sp³-hybridized carbons (Fsp3) is 0.318. The van der Waals surface area contributed by atoms with Gasteiger partial charge in [0.15, 0.2) is 0 Å². The third-order valence-corrected chi connectivity index (χ3v) is 5.23. The van der Waals surface area contributed by atoms with Crippen molar-refractivity contribution in [3.63, 3.8) is 0 Å². The summed E-state index contributed by atoms with van der Waals surface area (Å²) < 4.78 is 5.40. The molecule has 152 valence electrons. The molecule has 3 N–H and O–H groups in total. The Labute approximate surface area is 168 Å². The van der Waals surface area contributed by atoms with Crippen LogP contribution in [0.4, 0.5) is 0 Å². The van der Waals surface area contributed by atoms with E-state index >= 15 is 0 Å². The molecule has 3 rings (SSSR count). The van der Waals surface area contributed by atoms with Crippen LogP contribution >= 0.6 is 0 Å². The van der Waals surface area contributed by atoms with Gasteiger partial charge in [0.1, 0.15) is 5.75 Å². The van der Waals surface area contributed by atoms with E-state index in [-0.39, 0.29) is 25.2 Å². The zero-order valence-electron chi connectivity index (χ0n) is 16.1. The highest BCUT2D eigenvalue weighted by atomic mass is 16.5. The van der Waals surface area contributed by atoms with Gasteiger partial charge in [-0.25, -0.2) is 0 Å². The Balaban J connectivity index is 1.76. The lowest BCUT2D eigenvalue weighted by atomic mass is 9.98. The van der Waals surface area contributed by atoms with Crippen molar-refractivity contribution < 1.29 is 29.3 Å². The molecule has 7 heteroatoms. The first-order valence-corrected chi connectivity index (χ1v) is 9.32. The maximum absolute atomic E-state index is 12.1. The number of carboxylic acid groups (broad SMARTS) is 2. The van der Waals surface area contributed by atoms with E-state index in [4.69, 9.17) is 9.84 Å². The van der Waals surface area contributed by atoms with Crippen molar-refractivity contribution in [3.05, 3.63) is 54.1 Å². The van der Waals surface area contributed by atoms with Crippen LogP contribution in [0.15, 0.2) is 48.5 Å². The van der Waals surface area contributed by atoms with Crippen molar-refractivity contribution in [3.8, 4) is 16.9 Å². The van der Waals surface area contributed by atoms with E-state index in [0.717, 1.165) is 22.4 Å². The molecule has 2 aromatic carbocycles. The number of carboxylic acids is 2. The molecule has 2 aromatic rings. The second-order valence-corrected chi connectivity index (χ2v) is 7.25. The summed E-state index contributed by atoms with van der Waals surface area (Å²) in [5, 5.41) is 20.8. The van der Waals surface area contributed by atoms with Crippen LogP contribution in [-0.4, -0.2) is 40.7 Å². The van der Waals surface area contributed by atoms with Crippen LogP contribution in [0, 0.1) is 0 Å². The van der Waals surface area contributed by atoms with E-state index in [0.29, 0.717) is 6.42 Å². The first kappa shape index (κ1) is 20.4. The molecule has 0 spiro atoms. The van der Waals surface area contributed by atoms with Gasteiger partial charge in [-0.05, 0) is 23.6 Å². The topological polar surface area (TPSA) is 113 Å². The Bertz CT molecular complexity index is 923. The van der Waals surface area contributed by atoms with E-state index in [1.54, 1.807) is 7.11 Å². The van der Waals surface area contributed by atoms with Gasteiger partial charge in [0.05, 0.1) is 25.5 Å². The Morgan fingerprint density at radius 2 is 1.72 bits per heavy atom. The van der Waals surface area contributed by atoms with E-state index in [1.807, 2.05) is 48.5 Å². The number of carbonyl (C=O) groups is 3. The van der Waals surface area contributed by atoms with Gasteiger partial charge in [-0.1, -0.05) is 42.5 Å². The van der Waals surface area contributed by atoms with Crippen LogP contribution in [0.25, 0.3) is 11.1 Å². The summed E-state index contributed by atoms with van der Waals surface area (Å²) >= 11 is 0. The molecule has 7 nitrogen and oxygen atoms in total. The summed E-state index contributed by atoms with van der Waals surface area (Å²) in [5.41, 5.74) is 1.99. The van der Waals surface area contributed by atoms with Gasteiger partial charge in [0.25, 0.3) is 0 Å². The van der Waals surface area contributed by atoms with Crippen molar-refractivity contribution >= 4 is 17.8 Å². The SMILES string of the molecule is COc1ccccc1-c1ccc([C@@H]2CC2(CC(=O)O)NC(=O)CCC(=O)O)cc1. The monoisotopic (exact) mass is 397 g/mol. The van der Waals surface area contributed by atoms with Gasteiger partial charge in [0, 0.05) is 17.9 Å². The molecule has 0 radical (unpaired) electrons. The van der Waals surface area contributed by atoms with Gasteiger partial charge >= 0.3 is 11.9 Å². The second-order valence-electron chi connectivity index (χ2n) is 7.25. The lowest BCUT2D eigenvalue weighted by molar-refractivity contribution is -0.140. The van der Waals surface area contributed by atoms with E-state index in [1.165, 1.54) is 0 Å². The summed E-state index contributed by atoms with van der Waals surface area (Å²) in [6, 6.07) is 15.4. The fourth-order valence-electron chi connectivity index (χ4n) is 3.73. The maximum atomic E-state index is 12.1. The molecule has 29 heavy (non-hydrogen) atoms. The maximum Gasteiger partial charge on any atom is 0.305 e. The van der Waals surface area contributed by atoms with Crippen LogP contribution in [0.3, 0.4) is 0 Å². The summed E-state index contributed by atoms with van der Waals surface area (Å²) in [7, 11) is 1.62. The van der Waals surface area contributed by atoms with Gasteiger partial charge in [0.2, 0.25) is 5.91 Å². The van der Waals surface area contributed by atoms with Gasteiger partial charge in [-0.3, -0.25) is 14.4 Å². The molecular formula is C22H23NO6. The molecule has 0 bridgehead atoms. The molecule has 1 amide bonds. The molecular weight excluding hydrogens is 374 g/mol. The number of aliphatic carboxylic acids is 2. The predicted molar refractivity (Wildman–Crippen MR) is 106 cm³/mol. The van der Waals surface area contributed by atoms with Crippen molar-refractivity contribution in [2.75, 3.05) is 7.11 Å². The van der Waals surface area contributed by atoms with E-state index in [9.17, 15) is 19.5 Å². The highest BCUT2D eigenvalue weighted by molar-refractivity contribution is 5.83. The number of methoxy groups -OCH3 is 1. The van der Waals surface area contributed by atoms with E-state index in [2.05, 4.69) is 5.32 Å². The van der Waals surface area contributed by atoms with Crippen molar-refractivity contribution in [1.29, 1.82) is 0 Å². The minimum atomic E-state index is -1.06. The molecule has 1 aliphatic carbocycles. The minimum absolute atomic E-state index is 0.126. The smallest absolute Gasteiger partial charge is 0.305 e. The molecule has 0 heterocycles. The standard InChI is InChI=1S/C22H23NO6/c1-29-18-5-3-2-4-16(18)14-6-8-15(9-7-14)17-12-22(17,13-21(27)28)23-19(24)10-11-20(25)26/h2-9,17H,10-13H2,1H3,(H,23,24)(H,25,26)(H,27,28)/t17-,22?/m0/s1. The van der Waals surface area contributed by atoms with E-state index < -0.39 is 23.4 Å². The zero-order valence-corrected chi connectivity index (χ0v) is 16.1. The number of hydrogen-bond donors (Lipinski definition) is 3. The molecule has 2 atom stereocenters. The van der Waals surface area contributed by atoms with Crippen molar-refractivity contribution in [1.82, 2.24) is 5.32 Å². The number of para-hydroxylation sites is 1. The lowest BCUT2D eigenvalue weighted by Gasteiger charge is -2.18. The number of ether oxygens (including phenoxy) is 1. The summed E-state index contributed by atoms with van der Waals surface area (Å²) in [4.78, 5) is 34.1. The molecule has 0 saturated heterocycles.